The van der Waals surface area contributed by atoms with Crippen molar-refractivity contribution in [3.63, 3.8) is 0 Å². The monoisotopic (exact) mass is 218 g/mol. The number of hydrogen-bond acceptors (Lipinski definition) is 4. The van der Waals surface area contributed by atoms with Crippen LogP contribution in [0.5, 0.6) is 0 Å². The second-order valence-electron chi connectivity index (χ2n) is 5.60. The topological polar surface area (TPSA) is 80.9 Å². The number of aliphatic hydroxyl groups excluding tert-OH is 4. The van der Waals surface area contributed by atoms with Gasteiger partial charge in [0.2, 0.25) is 0 Å². The third-order valence-corrected chi connectivity index (χ3v) is 3.52. The zero-order valence-electron chi connectivity index (χ0n) is 9.59. The fourth-order valence-electron chi connectivity index (χ4n) is 2.52. The molecule has 0 aromatic heterocycles. The van der Waals surface area contributed by atoms with Crippen LogP contribution in [0.1, 0.15) is 27.2 Å². The summed E-state index contributed by atoms with van der Waals surface area (Å²) in [6.07, 6.45) is -2.65. The van der Waals surface area contributed by atoms with E-state index in [0.717, 1.165) is 0 Å². The second-order valence-corrected chi connectivity index (χ2v) is 5.60. The largest absolute Gasteiger partial charge is 0.396 e. The average Bonchev–Trinajstić information content (AvgIpc) is 2.12. The highest BCUT2D eigenvalue weighted by atomic mass is 16.4. The average molecular weight is 218 g/mol. The molecule has 1 fully saturated rings. The van der Waals surface area contributed by atoms with E-state index in [0.29, 0.717) is 6.42 Å². The van der Waals surface area contributed by atoms with Crippen molar-refractivity contribution in [2.75, 3.05) is 6.61 Å². The van der Waals surface area contributed by atoms with Gasteiger partial charge < -0.3 is 20.4 Å². The lowest BCUT2D eigenvalue weighted by Gasteiger charge is -2.46. The zero-order valence-corrected chi connectivity index (χ0v) is 9.59. The lowest BCUT2D eigenvalue weighted by molar-refractivity contribution is -0.155. The third kappa shape index (κ3) is 2.50. The molecule has 0 radical (unpaired) electrons. The standard InChI is InChI=1S/C11H22O4/c1-11(2,3)7-4-8(13)10(15)9(14)6(7)5-12/h6-10,12-15H,4-5H2,1-3H3/t6-,7?,8+,9-,10-/m1/s1. The first-order valence-corrected chi connectivity index (χ1v) is 5.44. The van der Waals surface area contributed by atoms with Crippen LogP contribution in [-0.2, 0) is 0 Å². The molecule has 0 heterocycles. The number of aliphatic hydroxyl groups is 4. The lowest BCUT2D eigenvalue weighted by Crippen LogP contribution is -2.54. The lowest BCUT2D eigenvalue weighted by atomic mass is 9.64. The normalized spacial score (nSPS) is 43.0. The van der Waals surface area contributed by atoms with E-state index in [1.54, 1.807) is 0 Å². The maximum Gasteiger partial charge on any atom is 0.106 e. The predicted molar refractivity (Wildman–Crippen MR) is 56.2 cm³/mol. The highest BCUT2D eigenvalue weighted by Gasteiger charge is 2.46. The summed E-state index contributed by atoms with van der Waals surface area (Å²) in [4.78, 5) is 0. The van der Waals surface area contributed by atoms with Crippen LogP contribution >= 0.6 is 0 Å². The van der Waals surface area contributed by atoms with E-state index in [4.69, 9.17) is 0 Å². The molecule has 0 amide bonds. The van der Waals surface area contributed by atoms with Crippen LogP contribution in [-0.4, -0.2) is 45.3 Å². The van der Waals surface area contributed by atoms with Gasteiger partial charge in [0.15, 0.2) is 0 Å². The summed E-state index contributed by atoms with van der Waals surface area (Å²) in [6.45, 7) is 5.87. The van der Waals surface area contributed by atoms with E-state index in [9.17, 15) is 20.4 Å². The molecule has 0 aromatic carbocycles. The van der Waals surface area contributed by atoms with Gasteiger partial charge in [-0.15, -0.1) is 0 Å². The highest BCUT2D eigenvalue weighted by molar-refractivity contribution is 4.95. The van der Waals surface area contributed by atoms with Gasteiger partial charge in [-0.25, -0.2) is 0 Å². The molecule has 0 aromatic rings. The molecular formula is C11H22O4. The minimum atomic E-state index is -1.14. The smallest absolute Gasteiger partial charge is 0.106 e. The van der Waals surface area contributed by atoms with Crippen molar-refractivity contribution in [1.29, 1.82) is 0 Å². The van der Waals surface area contributed by atoms with Gasteiger partial charge in [0.05, 0.1) is 12.2 Å². The van der Waals surface area contributed by atoms with E-state index in [-0.39, 0.29) is 23.9 Å². The Kier molecular flexibility index (Phi) is 3.76. The molecular weight excluding hydrogens is 196 g/mol. The zero-order chi connectivity index (χ0) is 11.8. The molecule has 1 rings (SSSR count). The van der Waals surface area contributed by atoms with E-state index in [1.165, 1.54) is 0 Å². The molecule has 1 unspecified atom stereocenters. The van der Waals surface area contributed by atoms with Crippen LogP contribution in [0.15, 0.2) is 0 Å². The first-order chi connectivity index (χ1) is 6.79. The predicted octanol–water partition coefficient (Wildman–Crippen LogP) is -0.256. The first-order valence-electron chi connectivity index (χ1n) is 5.44. The molecule has 4 N–H and O–H groups in total. The molecule has 0 bridgehead atoms. The minimum absolute atomic E-state index is 0.0101. The molecule has 4 nitrogen and oxygen atoms in total. The van der Waals surface area contributed by atoms with E-state index in [1.807, 2.05) is 20.8 Å². The first kappa shape index (κ1) is 12.9. The number of hydrogen-bond donors (Lipinski definition) is 4. The Morgan fingerprint density at radius 3 is 2.00 bits per heavy atom. The van der Waals surface area contributed by atoms with Crippen molar-refractivity contribution >= 4 is 0 Å². The van der Waals surface area contributed by atoms with E-state index >= 15 is 0 Å². The summed E-state index contributed by atoms with van der Waals surface area (Å²) in [7, 11) is 0. The Balaban J connectivity index is 2.87. The molecule has 4 heteroatoms. The Bertz CT molecular complexity index is 211. The van der Waals surface area contributed by atoms with Crippen LogP contribution in [0.4, 0.5) is 0 Å². The van der Waals surface area contributed by atoms with Gasteiger partial charge in [-0.05, 0) is 17.8 Å². The van der Waals surface area contributed by atoms with Gasteiger partial charge in [0.25, 0.3) is 0 Å². The van der Waals surface area contributed by atoms with Crippen LogP contribution in [0.25, 0.3) is 0 Å². The molecule has 90 valence electrons. The van der Waals surface area contributed by atoms with Crippen molar-refractivity contribution in [1.82, 2.24) is 0 Å². The molecule has 1 aliphatic rings. The molecule has 0 aliphatic heterocycles. The van der Waals surface area contributed by atoms with Crippen molar-refractivity contribution in [3.05, 3.63) is 0 Å². The Labute approximate surface area is 90.6 Å². The van der Waals surface area contributed by atoms with Gasteiger partial charge in [-0.1, -0.05) is 20.8 Å². The Morgan fingerprint density at radius 2 is 1.60 bits per heavy atom. The van der Waals surface area contributed by atoms with Gasteiger partial charge in [0, 0.05) is 12.5 Å². The van der Waals surface area contributed by atoms with Gasteiger partial charge in [-0.3, -0.25) is 0 Å². The highest BCUT2D eigenvalue weighted by Crippen LogP contribution is 2.41. The quantitative estimate of drug-likeness (QED) is 0.489. The summed E-state index contributed by atoms with van der Waals surface area (Å²) >= 11 is 0. The van der Waals surface area contributed by atoms with E-state index < -0.39 is 18.3 Å². The summed E-state index contributed by atoms with van der Waals surface area (Å²) in [5.74, 6) is -0.348. The fourth-order valence-corrected chi connectivity index (χ4v) is 2.52. The van der Waals surface area contributed by atoms with Crippen LogP contribution < -0.4 is 0 Å². The van der Waals surface area contributed by atoms with Crippen molar-refractivity contribution < 1.29 is 20.4 Å². The SMILES string of the molecule is CC(C)(C)C1C[C@H](O)[C@@H](O)[C@H](O)[C@@H]1CO. The van der Waals surface area contributed by atoms with Gasteiger partial charge >= 0.3 is 0 Å². The summed E-state index contributed by atoms with van der Waals surface area (Å²) in [5.41, 5.74) is -0.102. The summed E-state index contributed by atoms with van der Waals surface area (Å²) < 4.78 is 0. The van der Waals surface area contributed by atoms with Crippen molar-refractivity contribution in [3.8, 4) is 0 Å². The van der Waals surface area contributed by atoms with Crippen LogP contribution in [0.2, 0.25) is 0 Å². The fraction of sp³-hybridized carbons (Fsp3) is 1.00. The third-order valence-electron chi connectivity index (χ3n) is 3.52. The summed E-state index contributed by atoms with van der Waals surface area (Å²) in [5, 5.41) is 38.1. The molecule has 0 saturated heterocycles. The van der Waals surface area contributed by atoms with Crippen LogP contribution in [0, 0.1) is 17.3 Å². The van der Waals surface area contributed by atoms with E-state index in [2.05, 4.69) is 0 Å². The van der Waals surface area contributed by atoms with Crippen LogP contribution in [0.3, 0.4) is 0 Å². The molecule has 1 saturated carbocycles. The van der Waals surface area contributed by atoms with Crippen molar-refractivity contribution in [2.24, 2.45) is 17.3 Å². The molecule has 1 aliphatic carbocycles. The Hall–Kier alpha value is -0.160. The van der Waals surface area contributed by atoms with Crippen molar-refractivity contribution in [2.45, 2.75) is 45.5 Å². The molecule has 0 spiro atoms. The molecule has 15 heavy (non-hydrogen) atoms. The minimum Gasteiger partial charge on any atom is -0.396 e. The second kappa shape index (κ2) is 4.37. The summed E-state index contributed by atoms with van der Waals surface area (Å²) in [6, 6.07) is 0. The maximum absolute atomic E-state index is 9.77. The van der Waals surface area contributed by atoms with Gasteiger partial charge in [-0.2, -0.15) is 0 Å². The Morgan fingerprint density at radius 1 is 1.07 bits per heavy atom. The van der Waals surface area contributed by atoms with Gasteiger partial charge in [0.1, 0.15) is 6.10 Å². The maximum atomic E-state index is 9.77. The number of rotatable bonds is 1. The molecule has 5 atom stereocenters.